The molecule has 0 amide bonds. The summed E-state index contributed by atoms with van der Waals surface area (Å²) in [7, 11) is 1.40. The Balaban J connectivity index is 2.09. The van der Waals surface area contributed by atoms with Gasteiger partial charge in [-0.05, 0) is 51.4 Å². The average Bonchev–Trinajstić information content (AvgIpc) is 2.89. The standard InChI is InChI=1S/C15H22O4/c1-13(12(17)19-3)6-4-9-8-15(18)7-5-10(16)14(15,2)11(9)13/h9,11,18H,4-8H2,1-3H3/t9-,11+,13-,14+,15+/m0/s1. The topological polar surface area (TPSA) is 63.6 Å². The molecule has 106 valence electrons. The maximum Gasteiger partial charge on any atom is 0.311 e. The van der Waals surface area contributed by atoms with Crippen molar-refractivity contribution in [1.29, 1.82) is 0 Å². The Morgan fingerprint density at radius 2 is 2.05 bits per heavy atom. The van der Waals surface area contributed by atoms with E-state index in [-0.39, 0.29) is 23.6 Å². The average molecular weight is 266 g/mol. The van der Waals surface area contributed by atoms with Crippen molar-refractivity contribution in [3.63, 3.8) is 0 Å². The minimum Gasteiger partial charge on any atom is -0.469 e. The van der Waals surface area contributed by atoms with Crippen LogP contribution >= 0.6 is 0 Å². The fourth-order valence-electron chi connectivity index (χ4n) is 5.43. The minimum absolute atomic E-state index is 0.0764. The van der Waals surface area contributed by atoms with Crippen molar-refractivity contribution in [2.45, 2.75) is 51.6 Å². The fraction of sp³-hybridized carbons (Fsp3) is 0.867. The van der Waals surface area contributed by atoms with Crippen LogP contribution in [0.1, 0.15) is 46.0 Å². The van der Waals surface area contributed by atoms with Crippen LogP contribution in [0, 0.1) is 22.7 Å². The van der Waals surface area contributed by atoms with E-state index in [2.05, 4.69) is 0 Å². The van der Waals surface area contributed by atoms with Crippen molar-refractivity contribution in [3.05, 3.63) is 0 Å². The largest absolute Gasteiger partial charge is 0.469 e. The number of carbonyl (C=O) groups is 2. The molecule has 0 aliphatic heterocycles. The summed E-state index contributed by atoms with van der Waals surface area (Å²) in [6.45, 7) is 3.78. The highest BCUT2D eigenvalue weighted by molar-refractivity contribution is 5.91. The molecule has 1 N–H and O–H groups in total. The molecular formula is C15H22O4. The van der Waals surface area contributed by atoms with Crippen LogP contribution in [-0.4, -0.2) is 29.6 Å². The van der Waals surface area contributed by atoms with Crippen molar-refractivity contribution in [2.75, 3.05) is 7.11 Å². The van der Waals surface area contributed by atoms with E-state index in [1.165, 1.54) is 7.11 Å². The maximum atomic E-state index is 12.4. The second kappa shape index (κ2) is 3.60. The first-order chi connectivity index (χ1) is 8.79. The van der Waals surface area contributed by atoms with Gasteiger partial charge in [-0.2, -0.15) is 0 Å². The van der Waals surface area contributed by atoms with Gasteiger partial charge in [-0.25, -0.2) is 0 Å². The van der Waals surface area contributed by atoms with Crippen molar-refractivity contribution in [3.8, 4) is 0 Å². The normalized spacial score (nSPS) is 52.1. The molecule has 3 aliphatic carbocycles. The lowest BCUT2D eigenvalue weighted by Gasteiger charge is -2.41. The third-order valence-corrected chi connectivity index (χ3v) is 6.38. The molecule has 0 radical (unpaired) electrons. The van der Waals surface area contributed by atoms with E-state index in [0.29, 0.717) is 19.3 Å². The SMILES string of the molecule is COC(=O)[C@@]1(C)CC[C@H]2C[C@]3(O)CCC(=O)[C@]3(C)[C@H]21. The molecule has 0 unspecified atom stereocenters. The first kappa shape index (κ1) is 13.1. The van der Waals surface area contributed by atoms with E-state index in [1.54, 1.807) is 0 Å². The van der Waals surface area contributed by atoms with Crippen LogP contribution in [0.5, 0.6) is 0 Å². The molecule has 0 aromatic rings. The molecule has 4 nitrogen and oxygen atoms in total. The van der Waals surface area contributed by atoms with Gasteiger partial charge in [-0.3, -0.25) is 9.59 Å². The van der Waals surface area contributed by atoms with E-state index in [9.17, 15) is 14.7 Å². The van der Waals surface area contributed by atoms with Gasteiger partial charge in [0.2, 0.25) is 0 Å². The third kappa shape index (κ3) is 1.28. The molecule has 4 heteroatoms. The van der Waals surface area contributed by atoms with E-state index >= 15 is 0 Å². The van der Waals surface area contributed by atoms with E-state index in [1.807, 2.05) is 13.8 Å². The molecular weight excluding hydrogens is 244 g/mol. The monoisotopic (exact) mass is 266 g/mol. The van der Waals surface area contributed by atoms with Crippen molar-refractivity contribution in [2.24, 2.45) is 22.7 Å². The lowest BCUT2D eigenvalue weighted by atomic mass is 9.62. The highest BCUT2D eigenvalue weighted by Gasteiger charge is 2.73. The second-order valence-corrected chi connectivity index (χ2v) is 7.05. The van der Waals surface area contributed by atoms with Crippen molar-refractivity contribution >= 4 is 11.8 Å². The molecule has 3 saturated carbocycles. The highest BCUT2D eigenvalue weighted by Crippen LogP contribution is 2.69. The summed E-state index contributed by atoms with van der Waals surface area (Å²) in [5, 5.41) is 10.9. The summed E-state index contributed by atoms with van der Waals surface area (Å²) >= 11 is 0. The van der Waals surface area contributed by atoms with Gasteiger partial charge in [-0.15, -0.1) is 0 Å². The Hall–Kier alpha value is -0.900. The van der Waals surface area contributed by atoms with Gasteiger partial charge in [0, 0.05) is 6.42 Å². The first-order valence-electron chi connectivity index (χ1n) is 7.14. The Morgan fingerprint density at radius 3 is 2.68 bits per heavy atom. The van der Waals surface area contributed by atoms with Gasteiger partial charge in [0.05, 0.1) is 23.5 Å². The van der Waals surface area contributed by atoms with E-state index in [4.69, 9.17) is 4.74 Å². The van der Waals surface area contributed by atoms with E-state index < -0.39 is 16.4 Å². The predicted octanol–water partition coefficient (Wildman–Crippen LogP) is 1.70. The summed E-state index contributed by atoms with van der Waals surface area (Å²) in [6, 6.07) is 0. The van der Waals surface area contributed by atoms with Gasteiger partial charge in [0.25, 0.3) is 0 Å². The number of fused-ring (bicyclic) bond motifs is 3. The highest BCUT2D eigenvalue weighted by atomic mass is 16.5. The van der Waals surface area contributed by atoms with E-state index in [0.717, 1.165) is 12.8 Å². The molecule has 0 bridgehead atoms. The molecule has 0 saturated heterocycles. The smallest absolute Gasteiger partial charge is 0.311 e. The molecule has 0 spiro atoms. The Bertz CT molecular complexity index is 459. The molecule has 3 aliphatic rings. The van der Waals surface area contributed by atoms with Crippen LogP contribution in [-0.2, 0) is 14.3 Å². The lowest BCUT2D eigenvalue weighted by Crippen LogP contribution is -2.50. The van der Waals surface area contributed by atoms with Crippen LogP contribution in [0.25, 0.3) is 0 Å². The summed E-state index contributed by atoms with van der Waals surface area (Å²) < 4.78 is 4.98. The molecule has 19 heavy (non-hydrogen) atoms. The molecule has 3 rings (SSSR count). The third-order valence-electron chi connectivity index (χ3n) is 6.38. The molecule has 0 aromatic carbocycles. The van der Waals surface area contributed by atoms with Gasteiger partial charge in [0.15, 0.2) is 0 Å². The molecule has 0 heterocycles. The predicted molar refractivity (Wildman–Crippen MR) is 68.3 cm³/mol. The Morgan fingerprint density at radius 1 is 1.37 bits per heavy atom. The molecule has 3 fully saturated rings. The van der Waals surface area contributed by atoms with Crippen molar-refractivity contribution < 1.29 is 19.4 Å². The summed E-state index contributed by atoms with van der Waals surface area (Å²) in [4.78, 5) is 24.6. The number of ketones is 1. The van der Waals surface area contributed by atoms with Crippen LogP contribution in [0.2, 0.25) is 0 Å². The first-order valence-corrected chi connectivity index (χ1v) is 7.14. The number of methoxy groups -OCH3 is 1. The number of carbonyl (C=O) groups excluding carboxylic acids is 2. The second-order valence-electron chi connectivity index (χ2n) is 7.05. The zero-order chi connectivity index (χ0) is 14.1. The number of ether oxygens (including phenoxy) is 1. The van der Waals surface area contributed by atoms with Crippen LogP contribution in [0.15, 0.2) is 0 Å². The van der Waals surface area contributed by atoms with Crippen LogP contribution in [0.4, 0.5) is 0 Å². The van der Waals surface area contributed by atoms with Crippen LogP contribution in [0.3, 0.4) is 0 Å². The number of esters is 1. The number of hydrogen-bond donors (Lipinski definition) is 1. The molecule has 5 atom stereocenters. The summed E-state index contributed by atoms with van der Waals surface area (Å²) in [5.74, 6) is 0.0838. The molecule has 0 aromatic heterocycles. The van der Waals surface area contributed by atoms with Gasteiger partial charge < -0.3 is 9.84 Å². The fourth-order valence-corrected chi connectivity index (χ4v) is 5.43. The van der Waals surface area contributed by atoms with Gasteiger partial charge in [0.1, 0.15) is 5.78 Å². The van der Waals surface area contributed by atoms with Gasteiger partial charge in [-0.1, -0.05) is 0 Å². The zero-order valence-electron chi connectivity index (χ0n) is 11.9. The quantitative estimate of drug-likeness (QED) is 0.734. The minimum atomic E-state index is -0.908. The number of hydrogen-bond acceptors (Lipinski definition) is 4. The lowest BCUT2D eigenvalue weighted by molar-refractivity contribution is -0.161. The van der Waals surface area contributed by atoms with Crippen LogP contribution < -0.4 is 0 Å². The maximum absolute atomic E-state index is 12.4. The Labute approximate surface area is 113 Å². The number of Topliss-reactive ketones (excluding diaryl/α,β-unsaturated/α-hetero) is 1. The zero-order valence-corrected chi connectivity index (χ0v) is 11.9. The number of rotatable bonds is 1. The Kier molecular flexibility index (Phi) is 2.48. The van der Waals surface area contributed by atoms with Gasteiger partial charge >= 0.3 is 5.97 Å². The summed E-state index contributed by atoms with van der Waals surface area (Å²) in [6.07, 6.45) is 3.31. The van der Waals surface area contributed by atoms with Crippen molar-refractivity contribution in [1.82, 2.24) is 0 Å². The summed E-state index contributed by atoms with van der Waals surface area (Å²) in [5.41, 5.74) is -2.30. The number of aliphatic hydroxyl groups is 1.